The minimum Gasteiger partial charge on any atom is -0.496 e. The van der Waals surface area contributed by atoms with Crippen molar-refractivity contribution in [2.24, 2.45) is 0 Å². The molecule has 1 saturated heterocycles. The Hall–Kier alpha value is -2.08. The zero-order valence-electron chi connectivity index (χ0n) is 15.4. The van der Waals surface area contributed by atoms with Crippen molar-refractivity contribution in [2.45, 2.75) is 45.2 Å². The summed E-state index contributed by atoms with van der Waals surface area (Å²) in [5.41, 5.74) is 1.02. The van der Waals surface area contributed by atoms with Gasteiger partial charge in [-0.05, 0) is 26.3 Å². The monoisotopic (exact) mass is 347 g/mol. The fourth-order valence-corrected chi connectivity index (χ4v) is 3.16. The van der Waals surface area contributed by atoms with Crippen LogP contribution in [-0.4, -0.2) is 49.5 Å². The average molecular weight is 347 g/mol. The van der Waals surface area contributed by atoms with Crippen molar-refractivity contribution in [3.8, 4) is 5.75 Å². The summed E-state index contributed by atoms with van der Waals surface area (Å²) in [5.74, 6) is 0.893. The van der Waals surface area contributed by atoms with E-state index in [0.717, 1.165) is 17.9 Å². The van der Waals surface area contributed by atoms with Gasteiger partial charge in [0.05, 0.1) is 13.2 Å². The molecule has 6 nitrogen and oxygen atoms in total. The van der Waals surface area contributed by atoms with Gasteiger partial charge < -0.3 is 20.3 Å². The van der Waals surface area contributed by atoms with E-state index in [1.165, 1.54) is 0 Å². The van der Waals surface area contributed by atoms with E-state index in [-0.39, 0.29) is 23.9 Å². The molecular weight excluding hydrogens is 318 g/mol. The maximum Gasteiger partial charge on any atom is 0.223 e. The van der Waals surface area contributed by atoms with Crippen molar-refractivity contribution in [1.29, 1.82) is 0 Å². The van der Waals surface area contributed by atoms with Crippen LogP contribution in [0, 0.1) is 0 Å². The number of carbonyl (C=O) groups excluding carboxylic acids is 2. The molecule has 1 aliphatic heterocycles. The van der Waals surface area contributed by atoms with Crippen molar-refractivity contribution in [2.75, 3.05) is 26.7 Å². The van der Waals surface area contributed by atoms with Crippen molar-refractivity contribution >= 4 is 11.8 Å². The summed E-state index contributed by atoms with van der Waals surface area (Å²) in [5, 5.41) is 6.21. The van der Waals surface area contributed by atoms with E-state index in [2.05, 4.69) is 10.6 Å². The zero-order valence-corrected chi connectivity index (χ0v) is 15.4. The van der Waals surface area contributed by atoms with Gasteiger partial charge in [-0.15, -0.1) is 0 Å². The first-order valence-electron chi connectivity index (χ1n) is 8.95. The number of piperazine rings is 1. The number of para-hydroxylation sites is 1. The van der Waals surface area contributed by atoms with Gasteiger partial charge in [-0.25, -0.2) is 0 Å². The van der Waals surface area contributed by atoms with Crippen LogP contribution >= 0.6 is 0 Å². The van der Waals surface area contributed by atoms with Crippen molar-refractivity contribution < 1.29 is 14.3 Å². The first-order valence-corrected chi connectivity index (χ1v) is 8.95. The highest BCUT2D eigenvalue weighted by Crippen LogP contribution is 2.30. The molecule has 1 aliphatic rings. The third-order valence-electron chi connectivity index (χ3n) is 4.31. The summed E-state index contributed by atoms with van der Waals surface area (Å²) in [7, 11) is 1.65. The van der Waals surface area contributed by atoms with Gasteiger partial charge >= 0.3 is 0 Å². The van der Waals surface area contributed by atoms with Crippen LogP contribution in [0.15, 0.2) is 24.3 Å². The number of carbonyl (C=O) groups is 2. The SMILES string of the molecule is COc1ccccc1C1CNCCN1C(=O)CCCC(=O)NC(C)C. The van der Waals surface area contributed by atoms with Crippen molar-refractivity contribution in [1.82, 2.24) is 15.5 Å². The van der Waals surface area contributed by atoms with E-state index in [0.29, 0.717) is 32.4 Å². The fraction of sp³-hybridized carbons (Fsp3) is 0.579. The largest absolute Gasteiger partial charge is 0.496 e. The summed E-state index contributed by atoms with van der Waals surface area (Å²) in [6.07, 6.45) is 1.34. The van der Waals surface area contributed by atoms with Crippen molar-refractivity contribution in [3.05, 3.63) is 29.8 Å². The highest BCUT2D eigenvalue weighted by Gasteiger charge is 2.29. The molecule has 0 spiro atoms. The van der Waals surface area contributed by atoms with E-state index in [1.807, 2.05) is 43.0 Å². The third-order valence-corrected chi connectivity index (χ3v) is 4.31. The van der Waals surface area contributed by atoms with Gasteiger partial charge in [-0.1, -0.05) is 18.2 Å². The number of hydrogen-bond donors (Lipinski definition) is 2. The van der Waals surface area contributed by atoms with Crippen molar-refractivity contribution in [3.63, 3.8) is 0 Å². The van der Waals surface area contributed by atoms with Gasteiger partial charge in [-0.3, -0.25) is 9.59 Å². The molecular formula is C19H29N3O3. The Labute approximate surface area is 149 Å². The first kappa shape index (κ1) is 19.2. The Morgan fingerprint density at radius 2 is 2.08 bits per heavy atom. The lowest BCUT2D eigenvalue weighted by molar-refractivity contribution is -0.134. The second kappa shape index (κ2) is 9.42. The lowest BCUT2D eigenvalue weighted by atomic mass is 10.0. The van der Waals surface area contributed by atoms with Crippen LogP contribution < -0.4 is 15.4 Å². The number of benzene rings is 1. The Kier molecular flexibility index (Phi) is 7.25. The minimum atomic E-state index is -0.0399. The maximum atomic E-state index is 12.7. The molecule has 1 atom stereocenters. The maximum absolute atomic E-state index is 12.7. The van der Waals surface area contributed by atoms with Crippen LogP contribution in [0.2, 0.25) is 0 Å². The quantitative estimate of drug-likeness (QED) is 0.790. The lowest BCUT2D eigenvalue weighted by Gasteiger charge is -2.37. The van der Waals surface area contributed by atoms with E-state index in [1.54, 1.807) is 7.11 Å². The smallest absolute Gasteiger partial charge is 0.223 e. The molecule has 2 amide bonds. The summed E-state index contributed by atoms with van der Waals surface area (Å²) in [6.45, 7) is 6.02. The number of nitrogens with zero attached hydrogens (tertiary/aromatic N) is 1. The van der Waals surface area contributed by atoms with Crippen LogP contribution in [0.1, 0.15) is 44.7 Å². The Bertz CT molecular complexity index is 589. The van der Waals surface area contributed by atoms with Crippen LogP contribution in [0.5, 0.6) is 5.75 Å². The molecule has 1 heterocycles. The number of ether oxygens (including phenoxy) is 1. The molecule has 0 bridgehead atoms. The van der Waals surface area contributed by atoms with Gasteiger partial charge in [0.2, 0.25) is 11.8 Å². The molecule has 138 valence electrons. The van der Waals surface area contributed by atoms with Gasteiger partial charge in [0, 0.05) is 44.1 Å². The Morgan fingerprint density at radius 3 is 2.80 bits per heavy atom. The highest BCUT2D eigenvalue weighted by atomic mass is 16.5. The van der Waals surface area contributed by atoms with Crippen LogP contribution in [0.25, 0.3) is 0 Å². The van der Waals surface area contributed by atoms with Gasteiger partial charge in [-0.2, -0.15) is 0 Å². The van der Waals surface area contributed by atoms with E-state index in [4.69, 9.17) is 4.74 Å². The molecule has 6 heteroatoms. The number of rotatable bonds is 7. The normalized spacial score (nSPS) is 17.4. The molecule has 0 aromatic heterocycles. The molecule has 1 aromatic carbocycles. The van der Waals surface area contributed by atoms with Gasteiger partial charge in [0.25, 0.3) is 0 Å². The van der Waals surface area contributed by atoms with E-state index < -0.39 is 0 Å². The first-order chi connectivity index (χ1) is 12.0. The van der Waals surface area contributed by atoms with Crippen LogP contribution in [0.4, 0.5) is 0 Å². The standard InChI is InChI=1S/C19H29N3O3/c1-14(2)21-18(23)9-6-10-19(24)22-12-11-20-13-16(22)15-7-4-5-8-17(15)25-3/h4-5,7-8,14,16,20H,6,9-13H2,1-3H3,(H,21,23). The topological polar surface area (TPSA) is 70.7 Å². The molecule has 1 unspecified atom stereocenters. The number of nitrogens with one attached hydrogen (secondary N) is 2. The highest BCUT2D eigenvalue weighted by molar-refractivity contribution is 5.79. The summed E-state index contributed by atoms with van der Waals surface area (Å²) in [6, 6.07) is 7.91. The minimum absolute atomic E-state index is 0.00406. The molecule has 0 saturated carbocycles. The van der Waals surface area contributed by atoms with Crippen LogP contribution in [0.3, 0.4) is 0 Å². The molecule has 2 N–H and O–H groups in total. The van der Waals surface area contributed by atoms with E-state index >= 15 is 0 Å². The third kappa shape index (κ3) is 5.46. The summed E-state index contributed by atoms with van der Waals surface area (Å²) < 4.78 is 5.46. The Morgan fingerprint density at radius 1 is 1.32 bits per heavy atom. The zero-order chi connectivity index (χ0) is 18.2. The number of hydrogen-bond acceptors (Lipinski definition) is 4. The summed E-state index contributed by atoms with van der Waals surface area (Å²) >= 11 is 0. The molecule has 1 fully saturated rings. The lowest BCUT2D eigenvalue weighted by Crippen LogP contribution is -2.48. The molecule has 0 radical (unpaired) electrons. The predicted octanol–water partition coefficient (Wildman–Crippen LogP) is 1.86. The molecule has 0 aliphatic carbocycles. The Balaban J connectivity index is 1.98. The number of amides is 2. The molecule has 25 heavy (non-hydrogen) atoms. The van der Waals surface area contributed by atoms with Crippen LogP contribution in [-0.2, 0) is 9.59 Å². The van der Waals surface area contributed by atoms with E-state index in [9.17, 15) is 9.59 Å². The fourth-order valence-electron chi connectivity index (χ4n) is 3.16. The summed E-state index contributed by atoms with van der Waals surface area (Å²) in [4.78, 5) is 26.3. The predicted molar refractivity (Wildman–Crippen MR) is 97.4 cm³/mol. The number of methoxy groups -OCH3 is 1. The second-order valence-corrected chi connectivity index (χ2v) is 6.62. The molecule has 2 rings (SSSR count). The molecule has 1 aromatic rings. The second-order valence-electron chi connectivity index (χ2n) is 6.62. The van der Waals surface area contributed by atoms with Gasteiger partial charge in [0.1, 0.15) is 5.75 Å². The average Bonchev–Trinajstić information content (AvgIpc) is 2.61. The van der Waals surface area contributed by atoms with Gasteiger partial charge in [0.15, 0.2) is 0 Å².